The van der Waals surface area contributed by atoms with Crippen LogP contribution in [0.25, 0.3) is 0 Å². The first-order valence-corrected chi connectivity index (χ1v) is 7.74. The summed E-state index contributed by atoms with van der Waals surface area (Å²) in [5.41, 5.74) is 1.37. The molecule has 0 saturated heterocycles. The lowest BCUT2D eigenvalue weighted by Crippen LogP contribution is -2.33. The molecule has 2 aromatic carbocycles. The van der Waals surface area contributed by atoms with E-state index in [1.807, 2.05) is 36.4 Å². The largest absolute Gasteiger partial charge is 0.372 e. The standard InChI is InChI=1S/C14H11N3OS2/c15-13-10-7-4-8-11(20-19)12(10)14(16)17(13)18-9-5-2-1-3-6-9/h1-8,15-16,19H. The van der Waals surface area contributed by atoms with E-state index in [9.17, 15) is 0 Å². The lowest BCUT2D eigenvalue weighted by Gasteiger charge is -2.18. The molecule has 100 valence electrons. The van der Waals surface area contributed by atoms with Crippen molar-refractivity contribution in [1.82, 2.24) is 5.06 Å². The second kappa shape index (κ2) is 5.22. The first-order chi connectivity index (χ1) is 9.72. The van der Waals surface area contributed by atoms with Gasteiger partial charge in [0.1, 0.15) is 0 Å². The monoisotopic (exact) mass is 301 g/mol. The summed E-state index contributed by atoms with van der Waals surface area (Å²) in [7, 11) is 1.26. The number of thiol groups is 1. The molecule has 0 unspecified atom stereocenters. The molecule has 1 aliphatic rings. The average Bonchev–Trinajstić information content (AvgIpc) is 2.73. The third-order valence-electron chi connectivity index (χ3n) is 2.96. The van der Waals surface area contributed by atoms with Crippen molar-refractivity contribution in [3.63, 3.8) is 0 Å². The number of rotatable bonds is 3. The Morgan fingerprint density at radius 3 is 2.40 bits per heavy atom. The molecule has 0 aliphatic carbocycles. The van der Waals surface area contributed by atoms with Crippen molar-refractivity contribution >= 4 is 34.1 Å². The van der Waals surface area contributed by atoms with Gasteiger partial charge in [0.15, 0.2) is 17.4 Å². The van der Waals surface area contributed by atoms with Gasteiger partial charge in [-0.2, -0.15) is 0 Å². The maximum atomic E-state index is 8.22. The molecule has 0 atom stereocenters. The molecule has 0 saturated carbocycles. The van der Waals surface area contributed by atoms with Gasteiger partial charge in [0, 0.05) is 16.0 Å². The van der Waals surface area contributed by atoms with Crippen molar-refractivity contribution in [2.45, 2.75) is 4.90 Å². The van der Waals surface area contributed by atoms with Crippen LogP contribution >= 0.6 is 22.5 Å². The van der Waals surface area contributed by atoms with Crippen molar-refractivity contribution in [3.8, 4) is 5.75 Å². The Hall–Kier alpha value is -1.92. The van der Waals surface area contributed by atoms with Gasteiger partial charge in [-0.15, -0.1) is 16.7 Å². The molecular formula is C14H11N3OS2. The van der Waals surface area contributed by atoms with E-state index in [1.54, 1.807) is 12.1 Å². The third kappa shape index (κ3) is 2.07. The first kappa shape index (κ1) is 13.1. The Morgan fingerprint density at radius 1 is 0.950 bits per heavy atom. The quantitative estimate of drug-likeness (QED) is 0.600. The molecule has 0 amide bonds. The van der Waals surface area contributed by atoms with E-state index in [-0.39, 0.29) is 11.7 Å². The second-order valence-electron chi connectivity index (χ2n) is 4.17. The summed E-state index contributed by atoms with van der Waals surface area (Å²) in [5, 5.41) is 17.6. The van der Waals surface area contributed by atoms with E-state index in [0.717, 1.165) is 4.90 Å². The van der Waals surface area contributed by atoms with Crippen LogP contribution in [-0.4, -0.2) is 16.7 Å². The number of hydrogen-bond donors (Lipinski definition) is 3. The van der Waals surface area contributed by atoms with Crippen molar-refractivity contribution in [1.29, 1.82) is 10.8 Å². The predicted octanol–water partition coefficient (Wildman–Crippen LogP) is 3.58. The molecule has 0 radical (unpaired) electrons. The molecule has 3 rings (SSSR count). The molecule has 4 nitrogen and oxygen atoms in total. The van der Waals surface area contributed by atoms with Gasteiger partial charge in [-0.1, -0.05) is 41.1 Å². The number of nitrogens with zero attached hydrogens (tertiary/aromatic N) is 1. The Bertz CT molecular complexity index is 688. The Morgan fingerprint density at radius 2 is 1.70 bits per heavy atom. The minimum atomic E-state index is 0.158. The van der Waals surface area contributed by atoms with Crippen LogP contribution in [0.1, 0.15) is 11.1 Å². The lowest BCUT2D eigenvalue weighted by atomic mass is 10.1. The van der Waals surface area contributed by atoms with E-state index in [2.05, 4.69) is 11.7 Å². The summed E-state index contributed by atoms with van der Waals surface area (Å²) in [4.78, 5) is 6.48. The molecule has 0 aromatic heterocycles. The summed E-state index contributed by atoms with van der Waals surface area (Å²) in [6.45, 7) is 0. The van der Waals surface area contributed by atoms with Gasteiger partial charge in [-0.25, -0.2) is 0 Å². The summed E-state index contributed by atoms with van der Waals surface area (Å²) >= 11 is 4.20. The fourth-order valence-electron chi connectivity index (χ4n) is 2.05. The maximum Gasteiger partial charge on any atom is 0.173 e. The van der Waals surface area contributed by atoms with Crippen LogP contribution in [-0.2, 0) is 0 Å². The van der Waals surface area contributed by atoms with Crippen LogP contribution < -0.4 is 4.84 Å². The highest BCUT2D eigenvalue weighted by Crippen LogP contribution is 2.33. The van der Waals surface area contributed by atoms with Gasteiger partial charge >= 0.3 is 0 Å². The van der Waals surface area contributed by atoms with Gasteiger partial charge in [0.05, 0.1) is 0 Å². The van der Waals surface area contributed by atoms with E-state index in [0.29, 0.717) is 16.9 Å². The highest BCUT2D eigenvalue weighted by atomic mass is 33.1. The van der Waals surface area contributed by atoms with E-state index in [4.69, 9.17) is 15.7 Å². The Labute approximate surface area is 125 Å². The zero-order valence-corrected chi connectivity index (χ0v) is 12.0. The fraction of sp³-hybridized carbons (Fsp3) is 0. The summed E-state index contributed by atoms with van der Waals surface area (Å²) in [6.07, 6.45) is 0. The zero-order valence-electron chi connectivity index (χ0n) is 10.3. The normalized spacial score (nSPS) is 13.6. The third-order valence-corrected chi connectivity index (χ3v) is 4.09. The molecule has 1 heterocycles. The summed E-state index contributed by atoms with van der Waals surface area (Å²) in [5.74, 6) is 0.916. The predicted molar refractivity (Wildman–Crippen MR) is 83.9 cm³/mol. The zero-order chi connectivity index (χ0) is 14.1. The minimum absolute atomic E-state index is 0.158. The SMILES string of the molecule is N=C1c2cccc(SS)c2C(=N)N1Oc1ccccc1. The molecule has 6 heteroatoms. The lowest BCUT2D eigenvalue weighted by molar-refractivity contribution is 0.0998. The van der Waals surface area contributed by atoms with E-state index in [1.165, 1.54) is 15.9 Å². The van der Waals surface area contributed by atoms with Gasteiger partial charge in [-0.05, 0) is 18.2 Å². The molecule has 2 N–H and O–H groups in total. The van der Waals surface area contributed by atoms with Gasteiger partial charge in [-0.3, -0.25) is 10.8 Å². The number of nitrogens with one attached hydrogen (secondary N) is 2. The molecule has 1 aliphatic heterocycles. The van der Waals surface area contributed by atoms with Gasteiger partial charge in [0.25, 0.3) is 0 Å². The highest BCUT2D eigenvalue weighted by Gasteiger charge is 2.33. The van der Waals surface area contributed by atoms with Crippen LogP contribution in [0.3, 0.4) is 0 Å². The van der Waals surface area contributed by atoms with Crippen LogP contribution in [0.2, 0.25) is 0 Å². The van der Waals surface area contributed by atoms with E-state index < -0.39 is 0 Å². The van der Waals surface area contributed by atoms with Crippen LogP contribution in [0.15, 0.2) is 53.4 Å². The molecule has 20 heavy (non-hydrogen) atoms. The molecule has 0 fully saturated rings. The van der Waals surface area contributed by atoms with Crippen molar-refractivity contribution in [2.24, 2.45) is 0 Å². The van der Waals surface area contributed by atoms with Crippen LogP contribution in [0, 0.1) is 10.8 Å². The molecular weight excluding hydrogens is 290 g/mol. The Balaban J connectivity index is 1.98. The minimum Gasteiger partial charge on any atom is -0.372 e. The maximum absolute atomic E-state index is 8.22. The number of hydrogen-bond acceptors (Lipinski definition) is 5. The van der Waals surface area contributed by atoms with Crippen molar-refractivity contribution < 1.29 is 4.84 Å². The first-order valence-electron chi connectivity index (χ1n) is 5.88. The molecule has 0 bridgehead atoms. The number of para-hydroxylation sites is 1. The highest BCUT2D eigenvalue weighted by molar-refractivity contribution is 8.68. The van der Waals surface area contributed by atoms with Crippen molar-refractivity contribution in [2.75, 3.05) is 0 Å². The smallest absolute Gasteiger partial charge is 0.173 e. The van der Waals surface area contributed by atoms with Gasteiger partial charge < -0.3 is 4.84 Å². The fourth-order valence-corrected chi connectivity index (χ4v) is 2.94. The van der Waals surface area contributed by atoms with Gasteiger partial charge in [0.2, 0.25) is 0 Å². The molecule has 2 aromatic rings. The topological polar surface area (TPSA) is 60.2 Å². The summed E-state index contributed by atoms with van der Waals surface area (Å²) in [6, 6.07) is 14.7. The summed E-state index contributed by atoms with van der Waals surface area (Å²) < 4.78 is 0. The second-order valence-corrected chi connectivity index (χ2v) is 5.34. The number of benzene rings is 2. The van der Waals surface area contributed by atoms with Crippen LogP contribution in [0.4, 0.5) is 0 Å². The average molecular weight is 301 g/mol. The molecule has 0 spiro atoms. The number of hydroxylamine groups is 2. The number of fused-ring (bicyclic) bond motifs is 1. The van der Waals surface area contributed by atoms with E-state index >= 15 is 0 Å². The Kier molecular flexibility index (Phi) is 3.42. The van der Waals surface area contributed by atoms with Crippen LogP contribution in [0.5, 0.6) is 5.75 Å². The van der Waals surface area contributed by atoms with Crippen molar-refractivity contribution in [3.05, 3.63) is 59.7 Å². The number of amidine groups is 2.